The Labute approximate surface area is 199 Å². The van der Waals surface area contributed by atoms with Crippen molar-refractivity contribution in [1.29, 1.82) is 0 Å². The first-order valence-corrected chi connectivity index (χ1v) is 12.0. The van der Waals surface area contributed by atoms with Crippen LogP contribution in [0.5, 0.6) is 0 Å². The number of hydrazine groups is 1. The van der Waals surface area contributed by atoms with Crippen LogP contribution in [-0.4, -0.2) is 52.4 Å². The third-order valence-corrected chi connectivity index (χ3v) is 7.31. The number of guanidine groups is 1. The first-order valence-electron chi connectivity index (χ1n) is 12.0. The Bertz CT molecular complexity index is 1150. The number of carbonyl (C=O) groups excluding carboxylic acids is 1. The molecule has 0 bridgehead atoms. The molecule has 0 saturated heterocycles. The van der Waals surface area contributed by atoms with Crippen LogP contribution in [0.25, 0.3) is 16.5 Å². The molecule has 0 radical (unpaired) electrons. The number of aryl methyl sites for hydroxylation is 1. The molecule has 9 heteroatoms. The van der Waals surface area contributed by atoms with Crippen molar-refractivity contribution in [3.8, 4) is 0 Å². The van der Waals surface area contributed by atoms with E-state index >= 15 is 0 Å². The molecule has 34 heavy (non-hydrogen) atoms. The lowest BCUT2D eigenvalue weighted by molar-refractivity contribution is -0.525. The fraction of sp³-hybridized carbons (Fsp3) is 0.520. The molecule has 2 aliphatic rings. The number of fused-ring (bicyclic) bond motifs is 2. The zero-order chi connectivity index (χ0) is 24.4. The average molecular weight is 467 g/mol. The molecule has 2 heterocycles. The number of benzene rings is 1. The van der Waals surface area contributed by atoms with Crippen molar-refractivity contribution in [2.24, 2.45) is 29.6 Å². The first kappa shape index (κ1) is 23.9. The van der Waals surface area contributed by atoms with E-state index in [2.05, 4.69) is 66.0 Å². The van der Waals surface area contributed by atoms with Crippen molar-refractivity contribution in [2.45, 2.75) is 45.1 Å². The number of nitrogens with one attached hydrogen (secondary N) is 1. The van der Waals surface area contributed by atoms with Gasteiger partial charge in [-0.15, -0.1) is 0 Å². The summed E-state index contributed by atoms with van der Waals surface area (Å²) in [4.78, 5) is 30.0. The van der Waals surface area contributed by atoms with Gasteiger partial charge in [-0.1, -0.05) is 37.0 Å². The second-order valence-corrected chi connectivity index (χ2v) is 9.58. The largest absolute Gasteiger partial charge is 0.365 e. The molecular weight excluding hydrogens is 432 g/mol. The second-order valence-electron chi connectivity index (χ2n) is 9.58. The third-order valence-electron chi connectivity index (χ3n) is 7.31. The summed E-state index contributed by atoms with van der Waals surface area (Å²) in [6.07, 6.45) is 8.48. The van der Waals surface area contributed by atoms with Gasteiger partial charge in [0.15, 0.2) is 5.03 Å². The maximum Gasteiger partial charge on any atom is 0.251 e. The highest BCUT2D eigenvalue weighted by Crippen LogP contribution is 2.41. The molecule has 1 aromatic heterocycles. The molecule has 182 valence electrons. The quantitative estimate of drug-likeness (QED) is 0.193. The van der Waals surface area contributed by atoms with Gasteiger partial charge in [0.1, 0.15) is 5.78 Å². The number of hydrogen-bond donors (Lipinski definition) is 2. The predicted molar refractivity (Wildman–Crippen MR) is 134 cm³/mol. The highest BCUT2D eigenvalue weighted by Gasteiger charge is 2.36. The number of nitrogens with zero attached hydrogens (tertiary/aromatic N) is 4. The van der Waals surface area contributed by atoms with E-state index in [4.69, 9.17) is 5.73 Å². The summed E-state index contributed by atoms with van der Waals surface area (Å²) in [5.74, 6) is 0.256. The van der Waals surface area contributed by atoms with Crippen LogP contribution in [0, 0.1) is 22.0 Å². The first-order chi connectivity index (χ1) is 16.3. The molecule has 0 unspecified atom stereocenters. The summed E-state index contributed by atoms with van der Waals surface area (Å²) in [6, 6.07) is 6.77. The molecule has 1 aliphatic heterocycles. The van der Waals surface area contributed by atoms with Crippen LogP contribution in [0.4, 0.5) is 0 Å². The smallest absolute Gasteiger partial charge is 0.251 e. The van der Waals surface area contributed by atoms with Gasteiger partial charge in [0.25, 0.3) is 5.96 Å². The van der Waals surface area contributed by atoms with E-state index in [1.54, 1.807) is 0 Å². The number of rotatable bonds is 9. The van der Waals surface area contributed by atoms with Crippen molar-refractivity contribution < 1.29 is 9.83 Å². The molecule has 0 amide bonds. The highest BCUT2D eigenvalue weighted by atomic mass is 16.7. The zero-order valence-electron chi connectivity index (χ0n) is 20.2. The monoisotopic (exact) mass is 466 g/mol. The lowest BCUT2D eigenvalue weighted by atomic mass is 9.78. The van der Waals surface area contributed by atoms with E-state index < -0.39 is 5.03 Å². The molecule has 2 aromatic rings. The van der Waals surface area contributed by atoms with E-state index in [0.29, 0.717) is 19.0 Å². The van der Waals surface area contributed by atoms with Crippen LogP contribution >= 0.6 is 0 Å². The van der Waals surface area contributed by atoms with E-state index in [0.717, 1.165) is 32.2 Å². The van der Waals surface area contributed by atoms with Crippen LogP contribution in [0.2, 0.25) is 0 Å². The number of nitro groups is 1. The molecule has 3 atom stereocenters. The fourth-order valence-electron chi connectivity index (χ4n) is 5.52. The van der Waals surface area contributed by atoms with Crippen LogP contribution < -0.4 is 11.2 Å². The maximum absolute atomic E-state index is 13.3. The van der Waals surface area contributed by atoms with Crippen LogP contribution in [0.15, 0.2) is 35.5 Å². The maximum atomic E-state index is 13.3. The Morgan fingerprint density at radius 3 is 2.91 bits per heavy atom. The standard InChI is InChI=1S/C25H34N6O3/c1-4-16(7-6-10-27-25(26)28-31(33)34)11-23(32)17-12-20-19-8-5-9-21-24(19)18(15-29(21)2)13-22(20)30(3)14-17/h5,8-9,12,15-17,22H,4,6-7,10-11,13-14H2,1-3H3,(H3,26,27,28)/t16-,17-,22-/m1/s1. The zero-order valence-corrected chi connectivity index (χ0v) is 20.2. The Morgan fingerprint density at radius 2 is 2.18 bits per heavy atom. The Hall–Kier alpha value is -3.20. The van der Waals surface area contributed by atoms with Crippen molar-refractivity contribution in [2.75, 3.05) is 20.1 Å². The Morgan fingerprint density at radius 1 is 1.38 bits per heavy atom. The molecule has 0 spiro atoms. The lowest BCUT2D eigenvalue weighted by Crippen LogP contribution is -2.44. The van der Waals surface area contributed by atoms with Gasteiger partial charge in [0, 0.05) is 55.6 Å². The summed E-state index contributed by atoms with van der Waals surface area (Å²) in [7, 11) is 4.23. The predicted octanol–water partition coefficient (Wildman–Crippen LogP) is 2.91. The van der Waals surface area contributed by atoms with Gasteiger partial charge in [-0.25, -0.2) is 15.1 Å². The minimum atomic E-state index is -0.724. The van der Waals surface area contributed by atoms with Crippen molar-refractivity contribution >= 4 is 28.2 Å². The van der Waals surface area contributed by atoms with E-state index in [1.165, 1.54) is 27.6 Å². The molecule has 3 N–H and O–H groups in total. The number of aliphatic imine (C=N–C) groups is 1. The number of ketones is 1. The average Bonchev–Trinajstić information content (AvgIpc) is 3.12. The molecular formula is C25H34N6O3. The molecule has 0 fully saturated rings. The molecule has 0 saturated carbocycles. The van der Waals surface area contributed by atoms with Gasteiger partial charge in [-0.2, -0.15) is 0 Å². The Balaban J connectivity index is 1.44. The fourth-order valence-corrected chi connectivity index (χ4v) is 5.52. The topological polar surface area (TPSA) is 119 Å². The van der Waals surface area contributed by atoms with E-state index in [1.807, 2.05) is 5.43 Å². The second kappa shape index (κ2) is 9.97. The van der Waals surface area contributed by atoms with Gasteiger partial charge < -0.3 is 10.3 Å². The van der Waals surface area contributed by atoms with Crippen molar-refractivity contribution in [3.63, 3.8) is 0 Å². The number of aromatic nitrogens is 1. The molecule has 1 aromatic carbocycles. The third kappa shape index (κ3) is 4.84. The summed E-state index contributed by atoms with van der Waals surface area (Å²) in [5, 5.41) is 11.0. The summed E-state index contributed by atoms with van der Waals surface area (Å²) < 4.78 is 2.20. The number of likely N-dealkylation sites (N-methyl/N-ethyl adjacent to an activating group) is 1. The molecule has 9 nitrogen and oxygen atoms in total. The van der Waals surface area contributed by atoms with Crippen LogP contribution in [0.3, 0.4) is 0 Å². The summed E-state index contributed by atoms with van der Waals surface area (Å²) in [6.45, 7) is 3.25. The normalized spacial score (nSPS) is 21.1. The van der Waals surface area contributed by atoms with Gasteiger partial charge in [0.2, 0.25) is 0 Å². The lowest BCUT2D eigenvalue weighted by Gasteiger charge is -2.39. The van der Waals surface area contributed by atoms with Crippen LogP contribution in [-0.2, 0) is 18.3 Å². The highest BCUT2D eigenvalue weighted by molar-refractivity contribution is 5.99. The SMILES string of the molecule is CC[C@H](CCCN=C(N)N[N+](=O)[O-])CC(=O)[C@@H]1C=C2c3cccc4c3c(cn4C)C[C@H]2N(C)C1. The summed E-state index contributed by atoms with van der Waals surface area (Å²) in [5.41, 5.74) is 12.5. The minimum absolute atomic E-state index is 0.108. The number of nitrogens with two attached hydrogens (primary N) is 1. The summed E-state index contributed by atoms with van der Waals surface area (Å²) >= 11 is 0. The van der Waals surface area contributed by atoms with Crippen molar-refractivity contribution in [1.82, 2.24) is 14.9 Å². The molecule has 4 rings (SSSR count). The van der Waals surface area contributed by atoms with Crippen molar-refractivity contribution in [3.05, 3.63) is 51.7 Å². The van der Waals surface area contributed by atoms with Gasteiger partial charge >= 0.3 is 0 Å². The van der Waals surface area contributed by atoms with Crippen LogP contribution in [0.1, 0.15) is 43.7 Å². The van der Waals surface area contributed by atoms with Gasteiger partial charge in [-0.05, 0) is 55.0 Å². The van der Waals surface area contributed by atoms with E-state index in [-0.39, 0.29) is 23.6 Å². The van der Waals surface area contributed by atoms with Gasteiger partial charge in [-0.3, -0.25) is 9.69 Å². The van der Waals surface area contributed by atoms with Gasteiger partial charge in [0.05, 0.1) is 0 Å². The van der Waals surface area contributed by atoms with E-state index in [9.17, 15) is 14.9 Å². The number of Topliss-reactive ketones (excluding diaryl/α,β-unsaturated/α-hetero) is 1. The number of carbonyl (C=O) groups is 1. The Kier molecular flexibility index (Phi) is 7.02. The number of hydrogen-bond acceptors (Lipinski definition) is 5. The minimum Gasteiger partial charge on any atom is -0.365 e. The molecule has 1 aliphatic carbocycles.